The smallest absolute Gasteiger partial charge is 0.245 e. The zero-order chi connectivity index (χ0) is 16.5. The van der Waals surface area contributed by atoms with Gasteiger partial charge in [0, 0.05) is 19.6 Å². The van der Waals surface area contributed by atoms with Crippen LogP contribution in [0, 0.1) is 0 Å². The highest BCUT2D eigenvalue weighted by atomic mass is 16.7. The largest absolute Gasteiger partial charge is 0.349 e. The Morgan fingerprint density at radius 2 is 1.67 bits per heavy atom. The number of nitrogens with one attached hydrogen (secondary N) is 2. The second kappa shape index (κ2) is 8.79. The Hall–Kier alpha value is -1.40. The standard InChI is InChI=1S/C15H28N2O4/c1-7-12(18)17-14(5,6)13(19)16-11-15(8-2,20-9-3)21-10-4/h7H,1,8-11H2,2-6H3,(H,16,19)(H,17,18). The third-order valence-electron chi connectivity index (χ3n) is 3.06. The van der Waals surface area contributed by atoms with Crippen LogP contribution < -0.4 is 10.6 Å². The molecule has 0 spiro atoms. The van der Waals surface area contributed by atoms with Gasteiger partial charge in [-0.2, -0.15) is 0 Å². The minimum atomic E-state index is -1.04. The normalized spacial score (nSPS) is 11.9. The van der Waals surface area contributed by atoms with E-state index in [1.165, 1.54) is 0 Å². The van der Waals surface area contributed by atoms with E-state index in [1.807, 2.05) is 20.8 Å². The average molecular weight is 300 g/mol. The summed E-state index contributed by atoms with van der Waals surface area (Å²) in [7, 11) is 0. The fraction of sp³-hybridized carbons (Fsp3) is 0.733. The monoisotopic (exact) mass is 300 g/mol. The van der Waals surface area contributed by atoms with Crippen molar-refractivity contribution in [3.05, 3.63) is 12.7 Å². The third-order valence-corrected chi connectivity index (χ3v) is 3.06. The van der Waals surface area contributed by atoms with Crippen molar-refractivity contribution < 1.29 is 19.1 Å². The molecule has 0 radical (unpaired) electrons. The van der Waals surface area contributed by atoms with Gasteiger partial charge in [0.1, 0.15) is 5.54 Å². The molecule has 0 aromatic carbocycles. The molecule has 0 aliphatic heterocycles. The van der Waals surface area contributed by atoms with Gasteiger partial charge in [-0.1, -0.05) is 13.5 Å². The maximum atomic E-state index is 12.2. The van der Waals surface area contributed by atoms with Crippen LogP contribution >= 0.6 is 0 Å². The van der Waals surface area contributed by atoms with Gasteiger partial charge in [0.25, 0.3) is 0 Å². The van der Waals surface area contributed by atoms with Crippen LogP contribution in [0.25, 0.3) is 0 Å². The van der Waals surface area contributed by atoms with E-state index in [1.54, 1.807) is 13.8 Å². The van der Waals surface area contributed by atoms with Gasteiger partial charge >= 0.3 is 0 Å². The van der Waals surface area contributed by atoms with Crippen molar-refractivity contribution >= 4 is 11.8 Å². The molecule has 0 aromatic heterocycles. The maximum Gasteiger partial charge on any atom is 0.245 e. The number of rotatable bonds is 10. The third kappa shape index (κ3) is 6.27. The van der Waals surface area contributed by atoms with Crippen molar-refractivity contribution in [1.82, 2.24) is 10.6 Å². The Balaban J connectivity index is 4.74. The summed E-state index contributed by atoms with van der Waals surface area (Å²) in [5, 5.41) is 5.35. The Morgan fingerprint density at radius 1 is 1.14 bits per heavy atom. The lowest BCUT2D eigenvalue weighted by atomic mass is 10.0. The minimum absolute atomic E-state index is 0.220. The SMILES string of the molecule is C=CC(=O)NC(C)(C)C(=O)NCC(CC)(OCC)OCC. The van der Waals surface area contributed by atoms with Crippen molar-refractivity contribution in [3.8, 4) is 0 Å². The molecular weight excluding hydrogens is 272 g/mol. The first-order valence-corrected chi connectivity index (χ1v) is 7.27. The van der Waals surface area contributed by atoms with E-state index in [0.29, 0.717) is 19.6 Å². The average Bonchev–Trinajstić information content (AvgIpc) is 2.44. The Morgan fingerprint density at radius 3 is 2.05 bits per heavy atom. The molecule has 0 aliphatic carbocycles. The summed E-state index contributed by atoms with van der Waals surface area (Å²) in [4.78, 5) is 23.6. The van der Waals surface area contributed by atoms with Crippen LogP contribution in [0.2, 0.25) is 0 Å². The molecule has 0 bridgehead atoms. The summed E-state index contributed by atoms with van der Waals surface area (Å²) in [6.45, 7) is 13.5. The second-order valence-electron chi connectivity index (χ2n) is 5.13. The first-order valence-electron chi connectivity index (χ1n) is 7.27. The van der Waals surface area contributed by atoms with Gasteiger partial charge in [-0.15, -0.1) is 0 Å². The Labute approximate surface area is 127 Å². The van der Waals surface area contributed by atoms with Crippen molar-refractivity contribution in [2.75, 3.05) is 19.8 Å². The van der Waals surface area contributed by atoms with Crippen LogP contribution in [0.5, 0.6) is 0 Å². The molecule has 0 fully saturated rings. The van der Waals surface area contributed by atoms with Gasteiger partial charge in [0.15, 0.2) is 5.79 Å². The van der Waals surface area contributed by atoms with Crippen molar-refractivity contribution in [2.45, 2.75) is 52.4 Å². The van der Waals surface area contributed by atoms with Crippen LogP contribution in [0.3, 0.4) is 0 Å². The number of amides is 2. The quantitative estimate of drug-likeness (QED) is 0.472. The van der Waals surface area contributed by atoms with Crippen LogP contribution in [-0.4, -0.2) is 42.9 Å². The number of ether oxygens (including phenoxy) is 2. The summed E-state index contributed by atoms with van der Waals surface area (Å²) in [5.41, 5.74) is -1.04. The Kier molecular flexibility index (Phi) is 8.21. The highest BCUT2D eigenvalue weighted by Crippen LogP contribution is 2.17. The van der Waals surface area contributed by atoms with Gasteiger partial charge in [-0.25, -0.2) is 0 Å². The molecule has 0 atom stereocenters. The molecule has 122 valence electrons. The number of carbonyl (C=O) groups excluding carboxylic acids is 2. The first-order chi connectivity index (χ1) is 9.76. The van der Waals surface area contributed by atoms with E-state index in [9.17, 15) is 9.59 Å². The number of carbonyl (C=O) groups is 2. The zero-order valence-electron chi connectivity index (χ0n) is 13.7. The second-order valence-corrected chi connectivity index (χ2v) is 5.13. The van der Waals surface area contributed by atoms with Gasteiger partial charge < -0.3 is 20.1 Å². The van der Waals surface area contributed by atoms with Gasteiger partial charge in [0.05, 0.1) is 6.54 Å². The summed E-state index contributed by atoms with van der Waals surface area (Å²) in [6.07, 6.45) is 1.74. The van der Waals surface area contributed by atoms with Gasteiger partial charge in [-0.05, 0) is 33.8 Å². The lowest BCUT2D eigenvalue weighted by Crippen LogP contribution is -2.57. The molecule has 2 amide bonds. The van der Waals surface area contributed by atoms with Crippen molar-refractivity contribution in [1.29, 1.82) is 0 Å². The molecule has 0 aromatic rings. The molecule has 0 unspecified atom stereocenters. The first kappa shape index (κ1) is 19.6. The van der Waals surface area contributed by atoms with E-state index in [-0.39, 0.29) is 12.5 Å². The van der Waals surface area contributed by atoms with Crippen LogP contribution in [-0.2, 0) is 19.1 Å². The van der Waals surface area contributed by atoms with Crippen LogP contribution in [0.1, 0.15) is 41.0 Å². The topological polar surface area (TPSA) is 76.7 Å². The highest BCUT2D eigenvalue weighted by Gasteiger charge is 2.34. The molecule has 2 N–H and O–H groups in total. The van der Waals surface area contributed by atoms with Crippen molar-refractivity contribution in [3.63, 3.8) is 0 Å². The summed E-state index contributed by atoms with van der Waals surface area (Å²) >= 11 is 0. The molecule has 0 saturated carbocycles. The predicted molar refractivity (Wildman–Crippen MR) is 81.7 cm³/mol. The number of hydrogen-bond donors (Lipinski definition) is 2. The summed E-state index contributed by atoms with van der Waals surface area (Å²) in [5.74, 6) is -1.54. The van der Waals surface area contributed by atoms with Gasteiger partial charge in [0.2, 0.25) is 11.8 Å². The van der Waals surface area contributed by atoms with E-state index in [2.05, 4.69) is 17.2 Å². The highest BCUT2D eigenvalue weighted by molar-refractivity contribution is 5.94. The molecule has 0 saturated heterocycles. The van der Waals surface area contributed by atoms with E-state index < -0.39 is 17.2 Å². The van der Waals surface area contributed by atoms with Crippen molar-refractivity contribution in [2.24, 2.45) is 0 Å². The molecule has 0 heterocycles. The number of hydrogen-bond acceptors (Lipinski definition) is 4. The lowest BCUT2D eigenvalue weighted by Gasteiger charge is -2.34. The molecular formula is C15H28N2O4. The summed E-state index contributed by atoms with van der Waals surface area (Å²) < 4.78 is 11.3. The zero-order valence-corrected chi connectivity index (χ0v) is 13.7. The van der Waals surface area contributed by atoms with E-state index >= 15 is 0 Å². The van der Waals surface area contributed by atoms with E-state index in [0.717, 1.165) is 6.08 Å². The predicted octanol–water partition coefficient (Wildman–Crippen LogP) is 1.36. The van der Waals surface area contributed by atoms with Crippen LogP contribution in [0.15, 0.2) is 12.7 Å². The van der Waals surface area contributed by atoms with E-state index in [4.69, 9.17) is 9.47 Å². The molecule has 0 aliphatic rings. The van der Waals surface area contributed by atoms with Crippen LogP contribution in [0.4, 0.5) is 0 Å². The summed E-state index contributed by atoms with van der Waals surface area (Å²) in [6, 6.07) is 0. The minimum Gasteiger partial charge on any atom is -0.349 e. The molecule has 0 rings (SSSR count). The molecule has 6 heteroatoms. The molecule has 21 heavy (non-hydrogen) atoms. The van der Waals surface area contributed by atoms with Gasteiger partial charge in [-0.3, -0.25) is 9.59 Å². The fourth-order valence-corrected chi connectivity index (χ4v) is 1.85. The fourth-order valence-electron chi connectivity index (χ4n) is 1.85. The maximum absolute atomic E-state index is 12.2. The Bertz CT molecular complexity index is 361. The molecule has 6 nitrogen and oxygen atoms in total. The lowest BCUT2D eigenvalue weighted by molar-refractivity contribution is -0.231.